The van der Waals surface area contributed by atoms with Crippen LogP contribution in [0.25, 0.3) is 11.4 Å². The number of rotatable bonds is 7. The summed E-state index contributed by atoms with van der Waals surface area (Å²) in [5, 5.41) is 10.2. The maximum Gasteiger partial charge on any atom is 0.224 e. The highest BCUT2D eigenvalue weighted by Crippen LogP contribution is 2.20. The predicted molar refractivity (Wildman–Crippen MR) is 115 cm³/mol. The molecule has 156 valence electrons. The largest absolute Gasteiger partial charge is 0.497 e. The number of carbonyl (C=O) groups is 1. The molecule has 4 rings (SSSR count). The van der Waals surface area contributed by atoms with Gasteiger partial charge in [0.2, 0.25) is 5.91 Å². The van der Waals surface area contributed by atoms with Crippen LogP contribution in [0.15, 0.2) is 54.6 Å². The van der Waals surface area contributed by atoms with Gasteiger partial charge in [-0.2, -0.15) is 5.10 Å². The van der Waals surface area contributed by atoms with Crippen LogP contribution in [0.4, 0.5) is 0 Å². The summed E-state index contributed by atoms with van der Waals surface area (Å²) in [7, 11) is 1.63. The molecule has 1 fully saturated rings. The van der Waals surface area contributed by atoms with Crippen LogP contribution >= 0.6 is 0 Å². The summed E-state index contributed by atoms with van der Waals surface area (Å²) in [5.74, 6) is 2.12. The van der Waals surface area contributed by atoms with Crippen LogP contribution in [0.2, 0.25) is 0 Å². The molecule has 3 aromatic rings. The van der Waals surface area contributed by atoms with Gasteiger partial charge in [0.1, 0.15) is 11.6 Å². The van der Waals surface area contributed by atoms with Crippen LogP contribution < -0.4 is 10.1 Å². The minimum Gasteiger partial charge on any atom is -0.497 e. The van der Waals surface area contributed by atoms with Crippen LogP contribution in [-0.4, -0.2) is 46.2 Å². The Kier molecular flexibility index (Phi) is 6.39. The predicted octanol–water partition coefficient (Wildman–Crippen LogP) is 3.01. The van der Waals surface area contributed by atoms with Gasteiger partial charge in [-0.05, 0) is 49.2 Å². The number of methoxy groups -OCH3 is 1. The summed E-state index contributed by atoms with van der Waals surface area (Å²) in [6, 6.07) is 18.0. The second-order valence-electron chi connectivity index (χ2n) is 7.61. The normalized spacial score (nSPS) is 16.9. The zero-order chi connectivity index (χ0) is 20.8. The summed E-state index contributed by atoms with van der Waals surface area (Å²) in [4.78, 5) is 19.6. The molecule has 2 N–H and O–H groups in total. The van der Waals surface area contributed by atoms with E-state index in [2.05, 4.69) is 49.7 Å². The molecule has 30 heavy (non-hydrogen) atoms. The van der Waals surface area contributed by atoms with Gasteiger partial charge in [-0.25, -0.2) is 4.98 Å². The van der Waals surface area contributed by atoms with Crippen LogP contribution in [0.5, 0.6) is 5.75 Å². The fourth-order valence-electron chi connectivity index (χ4n) is 3.81. The number of aromatic amines is 1. The molecule has 0 spiro atoms. The average Bonchev–Trinajstić information content (AvgIpc) is 3.27. The molecule has 1 amide bonds. The smallest absolute Gasteiger partial charge is 0.224 e. The van der Waals surface area contributed by atoms with E-state index in [1.807, 2.05) is 30.3 Å². The number of carbonyl (C=O) groups excluding carboxylic acids is 1. The van der Waals surface area contributed by atoms with Crippen LogP contribution in [0.3, 0.4) is 0 Å². The van der Waals surface area contributed by atoms with Crippen molar-refractivity contribution in [3.8, 4) is 17.1 Å². The summed E-state index contributed by atoms with van der Waals surface area (Å²) in [5.41, 5.74) is 2.18. The molecule has 2 heterocycles. The average molecular weight is 406 g/mol. The molecule has 0 bridgehead atoms. The van der Waals surface area contributed by atoms with Crippen molar-refractivity contribution in [2.24, 2.45) is 5.92 Å². The van der Waals surface area contributed by atoms with E-state index in [-0.39, 0.29) is 11.8 Å². The summed E-state index contributed by atoms with van der Waals surface area (Å²) in [6.45, 7) is 3.05. The van der Waals surface area contributed by atoms with E-state index in [9.17, 15) is 4.79 Å². The number of piperidine rings is 1. The Hall–Kier alpha value is -3.19. The monoisotopic (exact) mass is 405 g/mol. The third kappa shape index (κ3) is 5.04. The van der Waals surface area contributed by atoms with Crippen molar-refractivity contribution >= 4 is 5.91 Å². The highest BCUT2D eigenvalue weighted by Gasteiger charge is 2.25. The molecule has 0 saturated carbocycles. The second-order valence-corrected chi connectivity index (χ2v) is 7.61. The lowest BCUT2D eigenvalue weighted by Gasteiger charge is -2.32. The van der Waals surface area contributed by atoms with E-state index in [1.54, 1.807) is 7.11 Å². The molecular formula is C23H27N5O2. The van der Waals surface area contributed by atoms with Gasteiger partial charge in [0.25, 0.3) is 0 Å². The number of benzene rings is 2. The fraction of sp³-hybridized carbons (Fsp3) is 0.348. The van der Waals surface area contributed by atoms with Gasteiger partial charge >= 0.3 is 0 Å². The maximum atomic E-state index is 12.7. The van der Waals surface area contributed by atoms with Crippen molar-refractivity contribution in [2.75, 3.05) is 20.2 Å². The highest BCUT2D eigenvalue weighted by atomic mass is 16.5. The number of hydrogen-bond acceptors (Lipinski definition) is 5. The lowest BCUT2D eigenvalue weighted by molar-refractivity contribution is -0.127. The van der Waals surface area contributed by atoms with E-state index in [0.717, 1.165) is 43.8 Å². The molecule has 1 saturated heterocycles. The number of amides is 1. The Morgan fingerprint density at radius 3 is 2.77 bits per heavy atom. The number of aromatic nitrogens is 3. The number of ether oxygens (including phenoxy) is 1. The Bertz CT molecular complexity index is 955. The molecule has 1 unspecified atom stereocenters. The van der Waals surface area contributed by atoms with Crippen molar-refractivity contribution in [2.45, 2.75) is 25.9 Å². The summed E-state index contributed by atoms with van der Waals surface area (Å²) >= 11 is 0. The second kappa shape index (κ2) is 9.54. The SMILES string of the molecule is COc1ccc(-c2n[nH]c(CNC(=O)C3CCCN(Cc4ccccc4)C3)n2)cc1. The Labute approximate surface area is 176 Å². The zero-order valence-corrected chi connectivity index (χ0v) is 17.2. The number of nitrogens with zero attached hydrogens (tertiary/aromatic N) is 3. The highest BCUT2D eigenvalue weighted by molar-refractivity contribution is 5.78. The summed E-state index contributed by atoms with van der Waals surface area (Å²) in [6.07, 6.45) is 1.96. The van der Waals surface area contributed by atoms with Crippen molar-refractivity contribution in [1.82, 2.24) is 25.4 Å². The Balaban J connectivity index is 1.29. The molecule has 2 aromatic carbocycles. The topological polar surface area (TPSA) is 83.1 Å². The van der Waals surface area contributed by atoms with Crippen molar-refractivity contribution in [3.63, 3.8) is 0 Å². The van der Waals surface area contributed by atoms with E-state index >= 15 is 0 Å². The third-order valence-corrected chi connectivity index (χ3v) is 5.44. The van der Waals surface area contributed by atoms with Gasteiger partial charge in [-0.3, -0.25) is 14.8 Å². The first-order valence-electron chi connectivity index (χ1n) is 10.3. The van der Waals surface area contributed by atoms with E-state index in [4.69, 9.17) is 4.74 Å². The first-order valence-corrected chi connectivity index (χ1v) is 10.3. The van der Waals surface area contributed by atoms with Gasteiger partial charge in [-0.15, -0.1) is 0 Å². The van der Waals surface area contributed by atoms with Crippen molar-refractivity contribution in [1.29, 1.82) is 0 Å². The minimum absolute atomic E-state index is 0.00597. The quantitative estimate of drug-likeness (QED) is 0.631. The number of likely N-dealkylation sites (tertiary alicyclic amines) is 1. The van der Waals surface area contributed by atoms with E-state index < -0.39 is 0 Å². The Morgan fingerprint density at radius 1 is 1.20 bits per heavy atom. The lowest BCUT2D eigenvalue weighted by atomic mass is 9.96. The number of H-pyrrole nitrogens is 1. The van der Waals surface area contributed by atoms with E-state index in [0.29, 0.717) is 18.2 Å². The third-order valence-electron chi connectivity index (χ3n) is 5.44. The van der Waals surface area contributed by atoms with Crippen LogP contribution in [-0.2, 0) is 17.9 Å². The van der Waals surface area contributed by atoms with Gasteiger partial charge in [-0.1, -0.05) is 30.3 Å². The number of hydrogen-bond donors (Lipinski definition) is 2. The molecule has 1 atom stereocenters. The molecule has 1 aliphatic rings. The van der Waals surface area contributed by atoms with Gasteiger partial charge in [0.05, 0.1) is 19.6 Å². The first kappa shape index (κ1) is 20.1. The molecular weight excluding hydrogens is 378 g/mol. The molecule has 1 aromatic heterocycles. The fourth-order valence-corrected chi connectivity index (χ4v) is 3.81. The summed E-state index contributed by atoms with van der Waals surface area (Å²) < 4.78 is 5.17. The zero-order valence-electron chi connectivity index (χ0n) is 17.2. The van der Waals surface area contributed by atoms with Crippen LogP contribution in [0.1, 0.15) is 24.2 Å². The minimum atomic E-state index is 0.00597. The van der Waals surface area contributed by atoms with Gasteiger partial charge < -0.3 is 10.1 Å². The van der Waals surface area contributed by atoms with E-state index in [1.165, 1.54) is 5.56 Å². The number of nitrogens with one attached hydrogen (secondary N) is 2. The molecule has 1 aliphatic heterocycles. The lowest BCUT2D eigenvalue weighted by Crippen LogP contribution is -2.42. The van der Waals surface area contributed by atoms with Crippen molar-refractivity contribution < 1.29 is 9.53 Å². The molecule has 7 heteroatoms. The molecule has 7 nitrogen and oxygen atoms in total. The van der Waals surface area contributed by atoms with Gasteiger partial charge in [0, 0.05) is 18.7 Å². The Morgan fingerprint density at radius 2 is 2.00 bits per heavy atom. The standard InChI is InChI=1S/C23H27N5O2/c1-30-20-11-9-18(10-12-20)22-25-21(26-27-22)14-24-23(29)19-8-5-13-28(16-19)15-17-6-3-2-4-7-17/h2-4,6-7,9-12,19H,5,8,13-16H2,1H3,(H,24,29)(H,25,26,27). The maximum absolute atomic E-state index is 12.7. The van der Waals surface area contributed by atoms with Crippen molar-refractivity contribution in [3.05, 3.63) is 66.0 Å². The first-order chi connectivity index (χ1) is 14.7. The molecule has 0 radical (unpaired) electrons. The van der Waals surface area contributed by atoms with Gasteiger partial charge in [0.15, 0.2) is 5.82 Å². The van der Waals surface area contributed by atoms with Crippen LogP contribution in [0, 0.1) is 5.92 Å². The molecule has 0 aliphatic carbocycles.